The summed E-state index contributed by atoms with van der Waals surface area (Å²) in [6.45, 7) is 9.77. The van der Waals surface area contributed by atoms with Gasteiger partial charge in [0.1, 0.15) is 12.2 Å². The molecule has 0 aliphatic carbocycles. The van der Waals surface area contributed by atoms with Crippen LogP contribution >= 0.6 is 0 Å². The maximum absolute atomic E-state index is 11.8. The minimum absolute atomic E-state index is 0. The zero-order chi connectivity index (χ0) is 22.8. The molecular formula is C23H46ClNNa2O6+2. The van der Waals surface area contributed by atoms with E-state index >= 15 is 0 Å². The molecule has 3 atom stereocenters. The molecule has 0 heterocycles. The van der Waals surface area contributed by atoms with Crippen molar-refractivity contribution in [1.82, 2.24) is 0 Å². The molecular weight excluding hydrogens is 468 g/mol. The van der Waals surface area contributed by atoms with E-state index in [0.717, 1.165) is 19.3 Å². The number of hydrogen-bond donors (Lipinski definition) is 1. The van der Waals surface area contributed by atoms with Gasteiger partial charge in [0, 0.05) is 0 Å². The van der Waals surface area contributed by atoms with Gasteiger partial charge in [-0.15, -0.1) is 0 Å². The summed E-state index contributed by atoms with van der Waals surface area (Å²) in [7, 11) is 0. The van der Waals surface area contributed by atoms with Gasteiger partial charge >= 0.3 is 71.4 Å². The first kappa shape index (κ1) is 40.9. The normalized spacial score (nSPS) is 13.6. The zero-order valence-corrected chi connectivity index (χ0v) is 27.1. The predicted octanol–water partition coefficient (Wildman–Crippen LogP) is -3.73. The van der Waals surface area contributed by atoms with Crippen LogP contribution in [0.3, 0.4) is 0 Å². The molecule has 0 aromatic rings. The number of ether oxygens (including phenoxy) is 4. The zero-order valence-electron chi connectivity index (χ0n) is 22.3. The second-order valence-corrected chi connectivity index (χ2v) is 7.97. The van der Waals surface area contributed by atoms with E-state index < -0.39 is 24.5 Å². The van der Waals surface area contributed by atoms with Gasteiger partial charge in [0.15, 0.2) is 0 Å². The van der Waals surface area contributed by atoms with Crippen molar-refractivity contribution in [3.63, 3.8) is 0 Å². The van der Waals surface area contributed by atoms with Gasteiger partial charge in [0.2, 0.25) is 0 Å². The van der Waals surface area contributed by atoms with E-state index in [9.17, 15) is 9.59 Å². The third-order valence-electron chi connectivity index (χ3n) is 5.40. The largest absolute Gasteiger partial charge is 1.00 e. The first-order valence-corrected chi connectivity index (χ1v) is 11.9. The van der Waals surface area contributed by atoms with Crippen molar-refractivity contribution in [2.24, 2.45) is 5.92 Å². The van der Waals surface area contributed by atoms with E-state index in [1.54, 1.807) is 27.7 Å². The number of carbonyl (C=O) groups is 2. The van der Waals surface area contributed by atoms with Gasteiger partial charge in [-0.3, -0.25) is 0 Å². The number of halogens is 1. The van der Waals surface area contributed by atoms with Crippen LogP contribution in [0.1, 0.15) is 98.8 Å². The van der Waals surface area contributed by atoms with Crippen molar-refractivity contribution >= 4 is 12.3 Å². The van der Waals surface area contributed by atoms with E-state index in [2.05, 4.69) is 12.7 Å². The Kier molecular flexibility index (Phi) is 34.0. The third-order valence-corrected chi connectivity index (χ3v) is 5.40. The van der Waals surface area contributed by atoms with Gasteiger partial charge in [-0.2, -0.15) is 0 Å². The SMILES string of the molecule is CCCCCCCCCCCC([NH3+])C(C(C)OC(=O)OCC)C(C)OC(=O)OCC.[Cl-].[Na+].[Na+]. The molecule has 0 spiro atoms. The van der Waals surface area contributed by atoms with Gasteiger partial charge in [0.05, 0.1) is 25.2 Å². The monoisotopic (exact) mass is 513 g/mol. The van der Waals surface area contributed by atoms with E-state index in [1.165, 1.54) is 44.9 Å². The van der Waals surface area contributed by atoms with Crippen molar-refractivity contribution < 1.29 is 106 Å². The molecule has 0 saturated heterocycles. The number of unbranched alkanes of at least 4 members (excludes halogenated alkanes) is 8. The first-order chi connectivity index (χ1) is 14.4. The molecule has 0 bridgehead atoms. The number of carbonyl (C=O) groups excluding carboxylic acids is 2. The Labute approximate surface area is 252 Å². The molecule has 3 unspecified atom stereocenters. The van der Waals surface area contributed by atoms with Crippen LogP contribution in [0.5, 0.6) is 0 Å². The fourth-order valence-corrected chi connectivity index (χ4v) is 3.82. The summed E-state index contributed by atoms with van der Waals surface area (Å²) in [5.74, 6) is -0.243. The van der Waals surface area contributed by atoms with Crippen molar-refractivity contribution in [3.05, 3.63) is 0 Å². The number of hydrogen-bond acceptors (Lipinski definition) is 6. The van der Waals surface area contributed by atoms with E-state index in [-0.39, 0.29) is 96.7 Å². The van der Waals surface area contributed by atoms with Crippen LogP contribution in [0.15, 0.2) is 0 Å². The molecule has 0 aliphatic heterocycles. The Balaban J connectivity index is -0.00000140. The second kappa shape index (κ2) is 27.4. The third kappa shape index (κ3) is 21.8. The predicted molar refractivity (Wildman–Crippen MR) is 117 cm³/mol. The summed E-state index contributed by atoms with van der Waals surface area (Å²) in [4.78, 5) is 23.5. The Bertz CT molecular complexity index is 437. The molecule has 186 valence electrons. The molecule has 10 heteroatoms. The number of rotatable bonds is 17. The Hall–Kier alpha value is 0.790. The fraction of sp³-hybridized carbons (Fsp3) is 0.913. The minimum Gasteiger partial charge on any atom is -1.00 e. The Morgan fingerprint density at radius 3 is 1.42 bits per heavy atom. The van der Waals surface area contributed by atoms with Crippen LogP contribution in [-0.2, 0) is 18.9 Å². The molecule has 0 fully saturated rings. The Morgan fingerprint density at radius 2 is 1.06 bits per heavy atom. The Morgan fingerprint density at radius 1 is 0.697 bits per heavy atom. The maximum atomic E-state index is 11.8. The summed E-state index contributed by atoms with van der Waals surface area (Å²) in [5, 5.41) is 0. The van der Waals surface area contributed by atoms with Crippen LogP contribution in [0.2, 0.25) is 0 Å². The van der Waals surface area contributed by atoms with Crippen LogP contribution in [0, 0.1) is 5.92 Å². The van der Waals surface area contributed by atoms with E-state index in [0.29, 0.717) is 0 Å². The smallest absolute Gasteiger partial charge is 1.00 e. The topological polar surface area (TPSA) is 98.7 Å². The molecule has 0 amide bonds. The molecule has 0 aliphatic rings. The molecule has 0 saturated carbocycles. The van der Waals surface area contributed by atoms with Gasteiger partial charge < -0.3 is 37.1 Å². The average molecular weight is 514 g/mol. The van der Waals surface area contributed by atoms with Crippen LogP contribution < -0.4 is 77.3 Å². The van der Waals surface area contributed by atoms with E-state index in [1.807, 2.05) is 0 Å². The quantitative estimate of drug-likeness (QED) is 0.122. The first-order valence-electron chi connectivity index (χ1n) is 11.9. The summed E-state index contributed by atoms with van der Waals surface area (Å²) < 4.78 is 20.6. The summed E-state index contributed by atoms with van der Waals surface area (Å²) in [5.41, 5.74) is 4.29. The molecule has 33 heavy (non-hydrogen) atoms. The van der Waals surface area contributed by atoms with Crippen molar-refractivity contribution in [3.8, 4) is 0 Å². The van der Waals surface area contributed by atoms with Crippen LogP contribution in [-0.4, -0.2) is 43.8 Å². The average Bonchev–Trinajstić information content (AvgIpc) is 2.67. The van der Waals surface area contributed by atoms with Crippen molar-refractivity contribution in [1.29, 1.82) is 0 Å². The van der Waals surface area contributed by atoms with Gasteiger partial charge in [-0.25, -0.2) is 9.59 Å². The van der Waals surface area contributed by atoms with E-state index in [4.69, 9.17) is 18.9 Å². The molecule has 3 N–H and O–H groups in total. The molecule has 7 nitrogen and oxygen atoms in total. The molecule has 0 aromatic heterocycles. The maximum Gasteiger partial charge on any atom is 1.00 e. The second-order valence-electron chi connectivity index (χ2n) is 7.97. The minimum atomic E-state index is -0.714. The van der Waals surface area contributed by atoms with Crippen molar-refractivity contribution in [2.75, 3.05) is 13.2 Å². The molecule has 0 rings (SSSR count). The molecule has 0 aromatic carbocycles. The van der Waals surface area contributed by atoms with Gasteiger partial charge in [-0.05, 0) is 40.5 Å². The molecule has 0 radical (unpaired) electrons. The summed E-state index contributed by atoms with van der Waals surface area (Å²) in [6, 6.07) is -0.0246. The number of quaternary nitrogens is 1. The standard InChI is InChI=1S/C23H45NO6.ClH.2Na/c1-6-9-10-11-12-13-14-15-16-17-20(24)21(18(4)29-22(25)27-7-2)19(5)30-23(26)28-8-3;;;/h18-21H,6-17,24H2,1-5H3;1H;;/q;;2*+1. The summed E-state index contributed by atoms with van der Waals surface area (Å²) >= 11 is 0. The summed E-state index contributed by atoms with van der Waals surface area (Å²) in [6.07, 6.45) is 9.79. The van der Waals surface area contributed by atoms with Crippen LogP contribution in [0.4, 0.5) is 9.59 Å². The van der Waals surface area contributed by atoms with Crippen LogP contribution in [0.25, 0.3) is 0 Å². The van der Waals surface area contributed by atoms with Gasteiger partial charge in [-0.1, -0.05) is 58.3 Å². The fourth-order valence-electron chi connectivity index (χ4n) is 3.82. The van der Waals surface area contributed by atoms with Gasteiger partial charge in [0.25, 0.3) is 0 Å². The van der Waals surface area contributed by atoms with Crippen molar-refractivity contribution in [2.45, 2.75) is 117 Å².